The minimum absolute atomic E-state index is 0.00788. The molecule has 3 fully saturated rings. The van der Waals surface area contributed by atoms with Crippen molar-refractivity contribution < 1.29 is 113 Å². The summed E-state index contributed by atoms with van der Waals surface area (Å²) in [5.41, 5.74) is -0.806. The van der Waals surface area contributed by atoms with Gasteiger partial charge in [0.2, 0.25) is 0 Å². The molecule has 0 aliphatic carbocycles. The minimum Gasteiger partial charge on any atom is -0.479 e. The molecule has 4 heterocycles. The van der Waals surface area contributed by atoms with Crippen molar-refractivity contribution in [1.29, 1.82) is 0 Å². The van der Waals surface area contributed by atoms with Crippen LogP contribution in [0.25, 0.3) is 0 Å². The lowest BCUT2D eigenvalue weighted by Crippen LogP contribution is -2.65. The van der Waals surface area contributed by atoms with Gasteiger partial charge >= 0.3 is 17.9 Å². The summed E-state index contributed by atoms with van der Waals surface area (Å²) in [7, 11) is 6.43. The van der Waals surface area contributed by atoms with Crippen LogP contribution in [0, 0.1) is 23.7 Å². The van der Waals surface area contributed by atoms with Crippen molar-refractivity contribution >= 4 is 30.0 Å². The van der Waals surface area contributed by atoms with Crippen LogP contribution in [-0.2, 0) is 66.6 Å². The van der Waals surface area contributed by atoms with Crippen molar-refractivity contribution in [3.05, 3.63) is 23.8 Å². The number of hydrogen-bond acceptors (Lipinski definition) is 22. The van der Waals surface area contributed by atoms with Gasteiger partial charge in [0, 0.05) is 44.8 Å². The largest absolute Gasteiger partial charge is 0.479 e. The van der Waals surface area contributed by atoms with E-state index in [2.05, 4.69) is 0 Å². The monoisotopic (exact) mass is 1070 g/mol. The quantitative estimate of drug-likeness (QED) is 0.0708. The van der Waals surface area contributed by atoms with Gasteiger partial charge in [-0.3, -0.25) is 9.59 Å². The topological polar surface area (TPSA) is 354 Å². The van der Waals surface area contributed by atoms with Gasteiger partial charge in [-0.15, -0.1) is 0 Å². The van der Waals surface area contributed by atoms with E-state index in [9.17, 15) is 49.5 Å². The number of hydrogen-bond donors (Lipinski definition) is 9. The number of ether oxygens (including phenoxy) is 9. The highest BCUT2D eigenvalue weighted by molar-refractivity contribution is 5.91. The molecule has 0 saturated carbocycles. The molecule has 0 radical (unpaired) electrons. The van der Waals surface area contributed by atoms with Crippen molar-refractivity contribution in [1.82, 2.24) is 4.90 Å². The van der Waals surface area contributed by atoms with E-state index in [0.717, 1.165) is 6.29 Å². The van der Waals surface area contributed by atoms with Crippen molar-refractivity contribution in [3.8, 4) is 0 Å². The number of aliphatic hydroxyl groups excluding tert-OH is 6. The van der Waals surface area contributed by atoms with E-state index in [1.807, 2.05) is 19.9 Å². The molecule has 0 aromatic rings. The lowest BCUT2D eigenvalue weighted by molar-refractivity contribution is -0.341. The number of allylic oxidation sites excluding steroid dienone is 3. The number of cyclic esters (lactones) is 1. The van der Waals surface area contributed by atoms with Crippen LogP contribution in [0.5, 0.6) is 0 Å². The summed E-state index contributed by atoms with van der Waals surface area (Å²) >= 11 is 0. The number of rotatable bonds is 16. The Morgan fingerprint density at radius 1 is 0.838 bits per heavy atom. The normalized spacial score (nSPS) is 41.9. The Labute approximate surface area is 432 Å². The second kappa shape index (κ2) is 29.4. The summed E-state index contributed by atoms with van der Waals surface area (Å²) in [6.45, 7) is 13.6. The van der Waals surface area contributed by atoms with Crippen LogP contribution in [0.4, 0.5) is 0 Å². The molecule has 24 heteroatoms. The number of aliphatic carboxylic acids is 2. The standard InChI is InChI=1S/C46H77NO17.C4H6O6/c1-13-33-30(22-58-45-42(57-12)41(56-11)37(52)26(5)60-45)18-23(2)14-15-31(49)24(3)19-29(16-17-48)39(25(4)32(50)20-34(51)62-33)64-44-38(53)36(47(9)10)40(27(6)61-44)63-35-21-46(8,55)43(54)28(7)59-35;5-1(3(7)8)2(6)4(9)10/h14-15,17-18,24-30,32-33,35-45,50,52-55H,13,16,19-22H2,1-12H3;1-2,5-6H,(H,7,8)(H,9,10)/b15-14+,23-18+;/t24-,25+,26-,27-,28+,29?,30-,32-,33-,35+,36-,37-,38-,39-,40-,41-,42-,43+,44+,45-,46-;/m1./s1. The van der Waals surface area contributed by atoms with Crippen molar-refractivity contribution in [2.45, 2.75) is 203 Å². The zero-order chi connectivity index (χ0) is 56.1. The predicted octanol–water partition coefficient (Wildman–Crippen LogP) is -0.289. The Morgan fingerprint density at radius 3 is 1.96 bits per heavy atom. The average Bonchev–Trinajstić information content (AvgIpc) is 3.33. The molecule has 0 spiro atoms. The number of likely N-dealkylation sites (N-methyl/N-ethyl adjacent to an activating group) is 1. The van der Waals surface area contributed by atoms with E-state index in [0.29, 0.717) is 12.0 Å². The molecule has 9 N–H and O–H groups in total. The molecular formula is C50H83NO23. The molecule has 0 aromatic heterocycles. The number of carbonyl (C=O) groups excluding carboxylic acids is 3. The average molecular weight is 1070 g/mol. The van der Waals surface area contributed by atoms with Crippen LogP contribution >= 0.6 is 0 Å². The number of carbonyl (C=O) groups is 5. The number of carboxylic acids is 2. The molecule has 23 atom stereocenters. The van der Waals surface area contributed by atoms with Crippen molar-refractivity contribution in [3.63, 3.8) is 0 Å². The van der Waals surface area contributed by atoms with Crippen LogP contribution in [0.3, 0.4) is 0 Å². The summed E-state index contributed by atoms with van der Waals surface area (Å²) in [4.78, 5) is 61.1. The number of methoxy groups -OCH3 is 2. The number of nitrogens with zero attached hydrogens (tertiary/aromatic N) is 1. The van der Waals surface area contributed by atoms with E-state index in [1.54, 1.807) is 59.7 Å². The lowest BCUT2D eigenvalue weighted by atomic mass is 9.79. The van der Waals surface area contributed by atoms with E-state index in [1.165, 1.54) is 27.2 Å². The first-order chi connectivity index (χ1) is 34.5. The highest BCUT2D eigenvalue weighted by Crippen LogP contribution is 2.37. The van der Waals surface area contributed by atoms with E-state index in [-0.39, 0.29) is 31.7 Å². The Balaban J connectivity index is 0.00000130. The van der Waals surface area contributed by atoms with Gasteiger partial charge in [0.15, 0.2) is 36.9 Å². The van der Waals surface area contributed by atoms with Gasteiger partial charge in [0.1, 0.15) is 49.0 Å². The number of carboxylic acid groups (broad SMARTS) is 2. The first kappa shape index (κ1) is 64.9. The van der Waals surface area contributed by atoms with Crippen LogP contribution in [-0.4, -0.2) is 232 Å². The van der Waals surface area contributed by atoms with Crippen LogP contribution < -0.4 is 0 Å². The highest BCUT2D eigenvalue weighted by atomic mass is 16.7. The van der Waals surface area contributed by atoms with Gasteiger partial charge < -0.3 is 98.3 Å². The smallest absolute Gasteiger partial charge is 0.335 e. The van der Waals surface area contributed by atoms with E-state index >= 15 is 0 Å². The molecule has 24 nitrogen and oxygen atoms in total. The molecule has 4 rings (SSSR count). The fourth-order valence-electron chi connectivity index (χ4n) is 9.78. The third-order valence-corrected chi connectivity index (χ3v) is 14.2. The fourth-order valence-corrected chi connectivity index (χ4v) is 9.78. The molecule has 3 unspecified atom stereocenters. The number of esters is 1. The van der Waals surface area contributed by atoms with Gasteiger partial charge in [-0.1, -0.05) is 38.5 Å². The number of ketones is 1. The lowest BCUT2D eigenvalue weighted by Gasteiger charge is -2.50. The molecule has 4 aliphatic rings. The van der Waals surface area contributed by atoms with Gasteiger partial charge in [-0.2, -0.15) is 0 Å². The van der Waals surface area contributed by atoms with E-state index < -0.39 is 164 Å². The summed E-state index contributed by atoms with van der Waals surface area (Å²) in [5, 5.41) is 88.3. The first-order valence-electron chi connectivity index (χ1n) is 25.0. The Hall–Kier alpha value is -3.41. The van der Waals surface area contributed by atoms with Gasteiger partial charge in [0.05, 0.1) is 55.2 Å². The van der Waals surface area contributed by atoms with Crippen molar-refractivity contribution in [2.75, 3.05) is 34.9 Å². The van der Waals surface area contributed by atoms with Crippen LogP contribution in [0.2, 0.25) is 0 Å². The zero-order valence-electron chi connectivity index (χ0n) is 44.4. The van der Waals surface area contributed by atoms with E-state index in [4.69, 9.17) is 63.1 Å². The van der Waals surface area contributed by atoms with Crippen LogP contribution in [0.1, 0.15) is 87.5 Å². The Morgan fingerprint density at radius 2 is 1.43 bits per heavy atom. The molecular weight excluding hydrogens is 983 g/mol. The zero-order valence-corrected chi connectivity index (χ0v) is 44.4. The molecule has 74 heavy (non-hydrogen) atoms. The second-order valence-corrected chi connectivity index (χ2v) is 20.3. The van der Waals surface area contributed by atoms with Gasteiger partial charge in [-0.05, 0) is 73.5 Å². The molecule has 4 aliphatic heterocycles. The molecule has 3 saturated heterocycles. The molecule has 0 aromatic carbocycles. The summed E-state index contributed by atoms with van der Waals surface area (Å²) in [5.74, 6) is -7.13. The third-order valence-electron chi connectivity index (χ3n) is 14.2. The summed E-state index contributed by atoms with van der Waals surface area (Å²) < 4.78 is 54.7. The maximum absolute atomic E-state index is 13.8. The maximum Gasteiger partial charge on any atom is 0.335 e. The third kappa shape index (κ3) is 17.3. The second-order valence-electron chi connectivity index (χ2n) is 20.3. The SMILES string of the molecule is CC[C@H]1OC(=O)C[C@@H](O)[C@H](C)[C@@H](O[C@@H]2O[C@H](C)[C@@H](O[C@H]3C[C@@](C)(O)[C@@H](O)[C@H](C)O3)[C@H](N(C)C)[C@H]2O)C(CC=O)C[C@@H](C)C(=O)/C=C/C(C)=C/[C@@H]1CO[C@@H]1O[C@H](C)[C@@H](O)[C@@H](OC)[C@H]1OC.O=C(O)C(O)C(O)C(=O)O. The van der Waals surface area contributed by atoms with Gasteiger partial charge in [0.25, 0.3) is 0 Å². The fraction of sp³-hybridized carbons (Fsp3) is 0.820. The molecule has 426 valence electrons. The summed E-state index contributed by atoms with van der Waals surface area (Å²) in [6.07, 6.45) is -13.0. The highest BCUT2D eigenvalue weighted by Gasteiger charge is 2.52. The number of aliphatic hydroxyl groups is 7. The van der Waals surface area contributed by atoms with Gasteiger partial charge in [-0.25, -0.2) is 9.59 Å². The van der Waals surface area contributed by atoms with Crippen LogP contribution in [0.15, 0.2) is 23.8 Å². The molecule has 0 amide bonds. The first-order valence-corrected chi connectivity index (χ1v) is 25.0. The Kier molecular flexibility index (Phi) is 25.7. The number of aldehydes is 1. The maximum atomic E-state index is 13.8. The Bertz CT molecular complexity index is 1850. The molecule has 0 bridgehead atoms. The summed E-state index contributed by atoms with van der Waals surface area (Å²) in [6, 6.07) is -0.748. The predicted molar refractivity (Wildman–Crippen MR) is 258 cm³/mol. The minimum atomic E-state index is -2.27. The van der Waals surface area contributed by atoms with Crippen molar-refractivity contribution in [2.24, 2.45) is 23.7 Å².